The van der Waals surface area contributed by atoms with Crippen molar-refractivity contribution in [2.75, 3.05) is 6.61 Å². The van der Waals surface area contributed by atoms with Gasteiger partial charge in [-0.15, -0.1) is 0 Å². The van der Waals surface area contributed by atoms with E-state index in [1.54, 1.807) is 12.1 Å². The van der Waals surface area contributed by atoms with Crippen LogP contribution in [0.15, 0.2) is 22.6 Å². The number of halogens is 1. The maximum absolute atomic E-state index is 12.8. The third-order valence-corrected chi connectivity index (χ3v) is 6.09. The molecule has 1 aromatic heterocycles. The van der Waals surface area contributed by atoms with Crippen molar-refractivity contribution in [3.8, 4) is 0 Å². The predicted octanol–water partition coefficient (Wildman–Crippen LogP) is 0.810. The molecule has 0 bridgehead atoms. The van der Waals surface area contributed by atoms with Crippen LogP contribution in [0.3, 0.4) is 0 Å². The fraction of sp³-hybridized carbons (Fsp3) is 0.524. The highest BCUT2D eigenvalue weighted by Gasteiger charge is 2.50. The number of rotatable bonds is 6. The van der Waals surface area contributed by atoms with Crippen LogP contribution in [-0.2, 0) is 20.7 Å². The second-order valence-corrected chi connectivity index (χ2v) is 8.32. The first-order valence-electron chi connectivity index (χ1n) is 10.0. The number of aliphatic hydroxyl groups excluding tert-OH is 4. The van der Waals surface area contributed by atoms with Gasteiger partial charge in [0, 0.05) is 23.3 Å². The zero-order chi connectivity index (χ0) is 22.4. The molecule has 1 saturated carbocycles. The van der Waals surface area contributed by atoms with E-state index in [0.29, 0.717) is 29.0 Å². The van der Waals surface area contributed by atoms with Crippen LogP contribution in [0.2, 0.25) is 5.02 Å². The molecule has 2 heterocycles. The van der Waals surface area contributed by atoms with Gasteiger partial charge in [0.15, 0.2) is 12.1 Å². The Morgan fingerprint density at radius 3 is 2.55 bits per heavy atom. The van der Waals surface area contributed by atoms with Crippen molar-refractivity contribution < 1.29 is 43.9 Å². The van der Waals surface area contributed by atoms with Crippen LogP contribution >= 0.6 is 11.6 Å². The molecule has 168 valence electrons. The van der Waals surface area contributed by atoms with Gasteiger partial charge in [-0.3, -0.25) is 9.59 Å². The summed E-state index contributed by atoms with van der Waals surface area (Å²) in [5.41, 5.74) is 0.858. The maximum Gasteiger partial charge on any atom is 0.309 e. The molecule has 1 aliphatic carbocycles. The van der Waals surface area contributed by atoms with E-state index in [1.165, 1.54) is 0 Å². The molecular weight excluding hydrogens is 432 g/mol. The summed E-state index contributed by atoms with van der Waals surface area (Å²) < 4.78 is 15.8. The van der Waals surface area contributed by atoms with Crippen LogP contribution in [0.25, 0.3) is 11.0 Å². The van der Waals surface area contributed by atoms with Crippen LogP contribution in [0.1, 0.15) is 29.5 Å². The summed E-state index contributed by atoms with van der Waals surface area (Å²) in [5.74, 6) is -1.35. The molecule has 1 aromatic carbocycles. The number of fused-ring (bicyclic) bond motifs is 1. The maximum atomic E-state index is 12.8. The second kappa shape index (κ2) is 8.50. The van der Waals surface area contributed by atoms with Gasteiger partial charge in [0.05, 0.1) is 10.9 Å². The first-order valence-corrected chi connectivity index (χ1v) is 10.4. The van der Waals surface area contributed by atoms with Crippen LogP contribution in [0.5, 0.6) is 0 Å². The SMILES string of the molecule is CCc1cc2c(Cl)cc(C(=O)C3CC3C(=O)OCC3OC(O)C(O)C(O)C3O)cc2o1. The van der Waals surface area contributed by atoms with Crippen LogP contribution in [0, 0.1) is 11.8 Å². The normalized spacial score (nSPS) is 32.8. The number of ether oxygens (including phenoxy) is 2. The number of furan rings is 1. The summed E-state index contributed by atoms with van der Waals surface area (Å²) in [5, 5.41) is 39.7. The van der Waals surface area contributed by atoms with Gasteiger partial charge in [0.1, 0.15) is 42.4 Å². The van der Waals surface area contributed by atoms with Crippen molar-refractivity contribution in [1.29, 1.82) is 0 Å². The quantitative estimate of drug-likeness (QED) is 0.367. The Labute approximate surface area is 182 Å². The largest absolute Gasteiger partial charge is 0.463 e. The van der Waals surface area contributed by atoms with Crippen molar-refractivity contribution in [3.63, 3.8) is 0 Å². The summed E-state index contributed by atoms with van der Waals surface area (Å²) in [6.07, 6.45) is -6.78. The van der Waals surface area contributed by atoms with Crippen molar-refractivity contribution in [2.24, 2.45) is 11.8 Å². The van der Waals surface area contributed by atoms with Gasteiger partial charge < -0.3 is 34.3 Å². The Bertz CT molecular complexity index is 1000. The second-order valence-electron chi connectivity index (χ2n) is 7.92. The highest BCUT2D eigenvalue weighted by atomic mass is 35.5. The van der Waals surface area contributed by atoms with Crippen LogP contribution in [-0.4, -0.2) is 69.5 Å². The first-order chi connectivity index (χ1) is 14.7. The number of benzene rings is 1. The number of aryl methyl sites for hydroxylation is 1. The van der Waals surface area contributed by atoms with Gasteiger partial charge in [0.2, 0.25) is 0 Å². The molecule has 0 spiro atoms. The van der Waals surface area contributed by atoms with Crippen LogP contribution < -0.4 is 0 Å². The molecule has 0 radical (unpaired) electrons. The van der Waals surface area contributed by atoms with E-state index in [1.807, 2.05) is 13.0 Å². The monoisotopic (exact) mass is 454 g/mol. The summed E-state index contributed by atoms with van der Waals surface area (Å²) in [6.45, 7) is 1.50. The number of Topliss-reactive ketones (excluding diaryl/α,β-unsaturated/α-hetero) is 1. The van der Waals surface area contributed by atoms with E-state index >= 15 is 0 Å². The summed E-state index contributed by atoms with van der Waals surface area (Å²) in [4.78, 5) is 25.1. The lowest BCUT2D eigenvalue weighted by Crippen LogP contribution is -2.58. The smallest absolute Gasteiger partial charge is 0.309 e. The van der Waals surface area contributed by atoms with Crippen molar-refractivity contribution in [1.82, 2.24) is 0 Å². The number of hydrogen-bond acceptors (Lipinski definition) is 9. The summed E-state index contributed by atoms with van der Waals surface area (Å²) >= 11 is 6.28. The highest BCUT2D eigenvalue weighted by Crippen LogP contribution is 2.43. The van der Waals surface area contributed by atoms with Crippen molar-refractivity contribution in [2.45, 2.75) is 50.5 Å². The minimum absolute atomic E-state index is 0.247. The Hall–Kier alpha value is -2.01. The van der Waals surface area contributed by atoms with Crippen molar-refractivity contribution in [3.05, 3.63) is 34.5 Å². The number of ketones is 1. The lowest BCUT2D eigenvalue weighted by molar-refractivity contribution is -0.287. The Kier molecular flexibility index (Phi) is 6.08. The number of hydrogen-bond donors (Lipinski definition) is 4. The molecule has 9 nitrogen and oxygen atoms in total. The average Bonchev–Trinajstić information content (AvgIpc) is 3.44. The number of carbonyl (C=O) groups is 2. The molecule has 4 N–H and O–H groups in total. The Morgan fingerprint density at radius 1 is 1.10 bits per heavy atom. The van der Waals surface area contributed by atoms with E-state index < -0.39 is 55.1 Å². The minimum atomic E-state index is -1.72. The summed E-state index contributed by atoms with van der Waals surface area (Å²) in [7, 11) is 0. The topological polar surface area (TPSA) is 147 Å². The van der Waals surface area contributed by atoms with Gasteiger partial charge in [-0.05, 0) is 24.6 Å². The standard InChI is InChI=1S/C21H23ClO9/c1-2-9-5-12-13(22)3-8(4-14(12)30-9)16(23)10-6-11(10)20(27)29-7-15-17(24)18(25)19(26)21(28)31-15/h3-5,10-11,15,17-19,21,24-26,28H,2,6-7H2,1H3. The van der Waals surface area contributed by atoms with Gasteiger partial charge in [0.25, 0.3) is 0 Å². The van der Waals surface area contributed by atoms with Crippen molar-refractivity contribution >= 4 is 34.3 Å². The summed E-state index contributed by atoms with van der Waals surface area (Å²) in [6, 6.07) is 5.00. The zero-order valence-electron chi connectivity index (χ0n) is 16.6. The molecule has 1 aliphatic heterocycles. The predicted molar refractivity (Wildman–Crippen MR) is 106 cm³/mol. The Morgan fingerprint density at radius 2 is 1.84 bits per heavy atom. The fourth-order valence-electron chi connectivity index (χ4n) is 3.76. The minimum Gasteiger partial charge on any atom is -0.463 e. The lowest BCUT2D eigenvalue weighted by Gasteiger charge is -2.37. The molecule has 7 atom stereocenters. The molecule has 31 heavy (non-hydrogen) atoms. The molecular formula is C21H23ClO9. The molecule has 2 fully saturated rings. The average molecular weight is 455 g/mol. The van der Waals surface area contributed by atoms with Crippen LogP contribution in [0.4, 0.5) is 0 Å². The third kappa shape index (κ3) is 4.21. The highest BCUT2D eigenvalue weighted by molar-refractivity contribution is 6.35. The lowest BCUT2D eigenvalue weighted by atomic mass is 9.99. The third-order valence-electron chi connectivity index (χ3n) is 5.78. The Balaban J connectivity index is 1.37. The molecule has 2 aliphatic rings. The van der Waals surface area contributed by atoms with E-state index in [9.17, 15) is 30.0 Å². The number of carbonyl (C=O) groups excluding carboxylic acids is 2. The molecule has 7 unspecified atom stereocenters. The van der Waals surface area contributed by atoms with Gasteiger partial charge >= 0.3 is 5.97 Å². The molecule has 2 aromatic rings. The number of esters is 1. The molecule has 10 heteroatoms. The van der Waals surface area contributed by atoms with Gasteiger partial charge in [-0.25, -0.2) is 0 Å². The molecule has 1 saturated heterocycles. The van der Waals surface area contributed by atoms with Gasteiger partial charge in [-0.1, -0.05) is 18.5 Å². The van der Waals surface area contributed by atoms with Gasteiger partial charge in [-0.2, -0.15) is 0 Å². The molecule has 0 amide bonds. The van der Waals surface area contributed by atoms with E-state index in [-0.39, 0.29) is 5.78 Å². The molecule has 4 rings (SSSR count). The van der Waals surface area contributed by atoms with E-state index in [2.05, 4.69) is 0 Å². The zero-order valence-corrected chi connectivity index (χ0v) is 17.4. The first kappa shape index (κ1) is 22.2. The van der Waals surface area contributed by atoms with E-state index in [0.717, 1.165) is 11.1 Å². The number of aliphatic hydroxyl groups is 4. The van der Waals surface area contributed by atoms with E-state index in [4.69, 9.17) is 25.5 Å². The fourth-order valence-corrected chi connectivity index (χ4v) is 4.03.